The van der Waals surface area contributed by atoms with Gasteiger partial charge in [-0.15, -0.1) is 10.2 Å². The number of hydrogen-bond acceptors (Lipinski definition) is 7. The van der Waals surface area contributed by atoms with Gasteiger partial charge < -0.3 is 14.7 Å². The number of carbonyl (C=O) groups is 1. The SMILES string of the molecule is CC(NC(=O)CSc1nnc(-c2cccnc2)o1)c1nc2ccccc2[nH]1. The van der Waals surface area contributed by atoms with E-state index in [2.05, 4.69) is 30.5 Å². The Kier molecular flexibility index (Phi) is 4.84. The summed E-state index contributed by atoms with van der Waals surface area (Å²) in [5, 5.41) is 11.2. The van der Waals surface area contributed by atoms with Gasteiger partial charge in [-0.25, -0.2) is 4.98 Å². The summed E-state index contributed by atoms with van der Waals surface area (Å²) in [4.78, 5) is 23.9. The average molecular weight is 380 g/mol. The third-order valence-corrected chi connectivity index (χ3v) is 4.66. The Labute approximate surface area is 158 Å². The molecule has 0 bridgehead atoms. The smallest absolute Gasteiger partial charge is 0.277 e. The van der Waals surface area contributed by atoms with Crippen LogP contribution >= 0.6 is 11.8 Å². The van der Waals surface area contributed by atoms with Crippen molar-refractivity contribution in [2.45, 2.75) is 18.2 Å². The molecule has 0 fully saturated rings. The van der Waals surface area contributed by atoms with Crippen molar-refractivity contribution in [3.63, 3.8) is 0 Å². The summed E-state index contributed by atoms with van der Waals surface area (Å²) >= 11 is 1.18. The second-order valence-corrected chi connectivity index (χ2v) is 6.76. The maximum absolute atomic E-state index is 12.2. The lowest BCUT2D eigenvalue weighted by molar-refractivity contribution is -0.119. The highest BCUT2D eigenvalue weighted by Crippen LogP contribution is 2.22. The van der Waals surface area contributed by atoms with Crippen LogP contribution in [0, 0.1) is 0 Å². The molecule has 8 nitrogen and oxygen atoms in total. The third kappa shape index (κ3) is 3.98. The van der Waals surface area contributed by atoms with Crippen LogP contribution in [0.4, 0.5) is 0 Å². The second-order valence-electron chi connectivity index (χ2n) is 5.83. The molecule has 0 aliphatic heterocycles. The van der Waals surface area contributed by atoms with E-state index in [9.17, 15) is 4.79 Å². The van der Waals surface area contributed by atoms with Gasteiger partial charge >= 0.3 is 0 Å². The number of nitrogens with one attached hydrogen (secondary N) is 2. The summed E-state index contributed by atoms with van der Waals surface area (Å²) in [6.45, 7) is 1.88. The van der Waals surface area contributed by atoms with Crippen LogP contribution in [-0.2, 0) is 4.79 Å². The molecule has 27 heavy (non-hydrogen) atoms. The molecule has 0 saturated heterocycles. The van der Waals surface area contributed by atoms with Crippen LogP contribution in [0.2, 0.25) is 0 Å². The van der Waals surface area contributed by atoms with E-state index in [-0.39, 0.29) is 17.7 Å². The minimum atomic E-state index is -0.237. The summed E-state index contributed by atoms with van der Waals surface area (Å²) in [6.07, 6.45) is 3.31. The van der Waals surface area contributed by atoms with E-state index >= 15 is 0 Å². The van der Waals surface area contributed by atoms with Gasteiger partial charge in [0.2, 0.25) is 11.8 Å². The highest BCUT2D eigenvalue weighted by Gasteiger charge is 2.15. The number of benzene rings is 1. The number of amides is 1. The zero-order valence-electron chi connectivity index (χ0n) is 14.4. The summed E-state index contributed by atoms with van der Waals surface area (Å²) < 4.78 is 5.55. The lowest BCUT2D eigenvalue weighted by atomic mass is 10.3. The van der Waals surface area contributed by atoms with Gasteiger partial charge in [0.25, 0.3) is 5.22 Å². The molecule has 1 aromatic carbocycles. The van der Waals surface area contributed by atoms with Crippen molar-refractivity contribution in [1.82, 2.24) is 30.5 Å². The molecule has 4 rings (SSSR count). The van der Waals surface area contributed by atoms with Crippen molar-refractivity contribution in [3.05, 3.63) is 54.6 Å². The van der Waals surface area contributed by atoms with Crippen LogP contribution in [0.1, 0.15) is 18.8 Å². The number of para-hydroxylation sites is 2. The van der Waals surface area contributed by atoms with Crippen molar-refractivity contribution in [2.75, 3.05) is 5.75 Å². The average Bonchev–Trinajstić information content (AvgIpc) is 3.34. The number of thioether (sulfide) groups is 1. The number of pyridine rings is 1. The van der Waals surface area contributed by atoms with Crippen LogP contribution < -0.4 is 5.32 Å². The summed E-state index contributed by atoms with van der Waals surface area (Å²) in [5.41, 5.74) is 2.55. The highest BCUT2D eigenvalue weighted by molar-refractivity contribution is 7.99. The van der Waals surface area contributed by atoms with Gasteiger partial charge in [0, 0.05) is 12.4 Å². The zero-order chi connectivity index (χ0) is 18.6. The van der Waals surface area contributed by atoms with Crippen LogP contribution in [0.15, 0.2) is 58.4 Å². The third-order valence-electron chi connectivity index (χ3n) is 3.84. The number of H-pyrrole nitrogens is 1. The molecule has 4 aromatic rings. The van der Waals surface area contributed by atoms with Gasteiger partial charge in [-0.2, -0.15) is 0 Å². The topological polar surface area (TPSA) is 110 Å². The fourth-order valence-corrected chi connectivity index (χ4v) is 3.10. The Morgan fingerprint density at radius 3 is 2.96 bits per heavy atom. The first kappa shape index (κ1) is 17.2. The first-order chi connectivity index (χ1) is 13.2. The van der Waals surface area contributed by atoms with E-state index in [1.807, 2.05) is 37.3 Å². The Hall–Kier alpha value is -3.20. The van der Waals surface area contributed by atoms with E-state index in [1.54, 1.807) is 18.5 Å². The van der Waals surface area contributed by atoms with Gasteiger partial charge in [0.05, 0.1) is 28.4 Å². The maximum atomic E-state index is 12.2. The summed E-state index contributed by atoms with van der Waals surface area (Å²) in [6, 6.07) is 11.1. The minimum Gasteiger partial charge on any atom is -0.411 e. The van der Waals surface area contributed by atoms with Crippen molar-refractivity contribution < 1.29 is 9.21 Å². The Balaban J connectivity index is 1.33. The Morgan fingerprint density at radius 2 is 2.15 bits per heavy atom. The van der Waals surface area contributed by atoms with E-state index in [1.165, 1.54) is 11.8 Å². The van der Waals surface area contributed by atoms with Crippen LogP contribution in [0.3, 0.4) is 0 Å². The zero-order valence-corrected chi connectivity index (χ0v) is 15.2. The molecular weight excluding hydrogens is 364 g/mol. The summed E-state index contributed by atoms with van der Waals surface area (Å²) in [7, 11) is 0. The lowest BCUT2D eigenvalue weighted by Gasteiger charge is -2.10. The molecule has 136 valence electrons. The molecule has 2 N–H and O–H groups in total. The molecule has 1 unspecified atom stereocenters. The van der Waals surface area contributed by atoms with Gasteiger partial charge in [-0.1, -0.05) is 23.9 Å². The van der Waals surface area contributed by atoms with Crippen molar-refractivity contribution in [1.29, 1.82) is 0 Å². The number of rotatable bonds is 6. The quantitative estimate of drug-likeness (QED) is 0.495. The van der Waals surface area contributed by atoms with Crippen LogP contribution in [0.5, 0.6) is 0 Å². The fraction of sp³-hybridized carbons (Fsp3) is 0.167. The van der Waals surface area contributed by atoms with E-state index in [0.29, 0.717) is 16.9 Å². The monoisotopic (exact) mass is 380 g/mol. The van der Waals surface area contributed by atoms with E-state index in [0.717, 1.165) is 16.6 Å². The van der Waals surface area contributed by atoms with Crippen molar-refractivity contribution in [3.8, 4) is 11.5 Å². The van der Waals surface area contributed by atoms with Gasteiger partial charge in [0.15, 0.2) is 0 Å². The predicted molar refractivity (Wildman–Crippen MR) is 101 cm³/mol. The number of carbonyl (C=O) groups excluding carboxylic acids is 1. The molecule has 0 aliphatic rings. The fourth-order valence-electron chi connectivity index (χ4n) is 2.53. The Morgan fingerprint density at radius 1 is 1.26 bits per heavy atom. The largest absolute Gasteiger partial charge is 0.411 e. The predicted octanol–water partition coefficient (Wildman–Crippen LogP) is 2.98. The lowest BCUT2D eigenvalue weighted by Crippen LogP contribution is -2.28. The standard InChI is InChI=1S/C18H16N6O2S/c1-11(16-21-13-6-2-3-7-14(13)22-16)20-15(25)10-27-18-24-23-17(26-18)12-5-4-8-19-9-12/h2-9,11H,10H2,1H3,(H,20,25)(H,21,22). The molecule has 0 radical (unpaired) electrons. The van der Waals surface area contributed by atoms with E-state index in [4.69, 9.17) is 4.42 Å². The number of fused-ring (bicyclic) bond motifs is 1. The normalized spacial score (nSPS) is 12.2. The molecule has 0 saturated carbocycles. The molecule has 9 heteroatoms. The van der Waals surface area contributed by atoms with Crippen LogP contribution in [-0.4, -0.2) is 36.8 Å². The molecule has 1 amide bonds. The minimum absolute atomic E-state index is 0.144. The number of imidazole rings is 1. The first-order valence-corrected chi connectivity index (χ1v) is 9.28. The number of aromatic amines is 1. The van der Waals surface area contributed by atoms with E-state index < -0.39 is 0 Å². The van der Waals surface area contributed by atoms with Crippen molar-refractivity contribution in [2.24, 2.45) is 0 Å². The molecule has 3 heterocycles. The number of hydrogen-bond donors (Lipinski definition) is 2. The molecule has 3 aromatic heterocycles. The van der Waals surface area contributed by atoms with Gasteiger partial charge in [-0.05, 0) is 31.2 Å². The van der Waals surface area contributed by atoms with Crippen LogP contribution in [0.25, 0.3) is 22.5 Å². The molecule has 0 aliphatic carbocycles. The number of nitrogens with zero attached hydrogens (tertiary/aromatic N) is 4. The second kappa shape index (κ2) is 7.58. The maximum Gasteiger partial charge on any atom is 0.277 e. The molecule has 1 atom stereocenters. The molecular formula is C18H16N6O2S. The Bertz CT molecular complexity index is 1030. The first-order valence-electron chi connectivity index (χ1n) is 8.30. The van der Waals surface area contributed by atoms with Crippen molar-refractivity contribution >= 4 is 28.7 Å². The number of aromatic nitrogens is 5. The van der Waals surface area contributed by atoms with Gasteiger partial charge in [0.1, 0.15) is 5.82 Å². The van der Waals surface area contributed by atoms with Gasteiger partial charge in [-0.3, -0.25) is 9.78 Å². The highest BCUT2D eigenvalue weighted by atomic mass is 32.2. The molecule has 0 spiro atoms. The summed E-state index contributed by atoms with van der Waals surface area (Å²) in [5.74, 6) is 1.11.